The maximum Gasteiger partial charge on any atom is 0.332 e. The number of amides is 3. The molecule has 0 bridgehead atoms. The number of fused-ring (bicyclic) bond motifs is 1. The molecule has 0 unspecified atom stereocenters. The maximum absolute atomic E-state index is 13.3. The van der Waals surface area contributed by atoms with E-state index in [0.717, 1.165) is 19.3 Å². The molecule has 0 spiro atoms. The number of allylic oxidation sites excluding steroid dienone is 1. The van der Waals surface area contributed by atoms with Crippen LogP contribution in [0.1, 0.15) is 53.4 Å². The summed E-state index contributed by atoms with van der Waals surface area (Å²) in [5.74, 6) is -0.956. The summed E-state index contributed by atoms with van der Waals surface area (Å²) in [5.41, 5.74) is -1.07. The molecular formula is C23H41N3O5Si. The molecule has 8 nitrogen and oxygen atoms in total. The Morgan fingerprint density at radius 1 is 1.28 bits per heavy atom. The van der Waals surface area contributed by atoms with Crippen molar-refractivity contribution in [3.63, 3.8) is 0 Å². The smallest absolute Gasteiger partial charge is 0.332 e. The van der Waals surface area contributed by atoms with Gasteiger partial charge in [0.05, 0.1) is 13.2 Å². The van der Waals surface area contributed by atoms with E-state index in [4.69, 9.17) is 9.16 Å². The van der Waals surface area contributed by atoms with Gasteiger partial charge in [-0.1, -0.05) is 32.9 Å². The molecule has 1 saturated carbocycles. The minimum atomic E-state index is -2.15. The van der Waals surface area contributed by atoms with Crippen LogP contribution in [0, 0.1) is 5.92 Å². The predicted octanol–water partition coefficient (Wildman–Crippen LogP) is 3.20. The average molecular weight is 468 g/mol. The van der Waals surface area contributed by atoms with Crippen molar-refractivity contribution in [2.45, 2.75) is 83.1 Å². The lowest BCUT2D eigenvalue weighted by molar-refractivity contribution is -0.149. The number of rotatable bonds is 5. The number of carbonyl (C=O) groups excluding carboxylic acids is 3. The highest BCUT2D eigenvalue weighted by Crippen LogP contribution is 2.46. The van der Waals surface area contributed by atoms with Crippen molar-refractivity contribution >= 4 is 26.2 Å². The first kappa shape index (κ1) is 26.4. The van der Waals surface area contributed by atoms with Crippen LogP contribution in [0.3, 0.4) is 0 Å². The predicted molar refractivity (Wildman–Crippen MR) is 127 cm³/mol. The van der Waals surface area contributed by atoms with Gasteiger partial charge in [0.15, 0.2) is 8.32 Å². The highest BCUT2D eigenvalue weighted by atomic mass is 28.4. The van der Waals surface area contributed by atoms with Gasteiger partial charge in [-0.2, -0.15) is 0 Å². The molecule has 2 N–H and O–H groups in total. The molecule has 0 aromatic carbocycles. The van der Waals surface area contributed by atoms with E-state index in [9.17, 15) is 14.4 Å². The SMILES string of the molecule is CCOC(=O)[C@@]12C[C@H]1/C=C\CCCCN(C)C(=O)N[C@@H](CO[Si](C)(C)C(C)(C)C)C(=O)N2. The lowest BCUT2D eigenvalue weighted by Crippen LogP contribution is -2.58. The summed E-state index contributed by atoms with van der Waals surface area (Å²) in [6.07, 6.45) is 7.23. The zero-order valence-corrected chi connectivity index (χ0v) is 21.7. The van der Waals surface area contributed by atoms with E-state index in [1.807, 2.05) is 6.08 Å². The zero-order chi connectivity index (χ0) is 24.2. The van der Waals surface area contributed by atoms with Gasteiger partial charge in [0.1, 0.15) is 11.6 Å². The Hall–Kier alpha value is -1.87. The Balaban J connectivity index is 2.27. The number of urea groups is 1. The molecule has 1 aliphatic heterocycles. The fraction of sp³-hybridized carbons (Fsp3) is 0.783. The van der Waals surface area contributed by atoms with Crippen molar-refractivity contribution in [1.29, 1.82) is 0 Å². The summed E-state index contributed by atoms with van der Waals surface area (Å²) in [5, 5.41) is 5.69. The van der Waals surface area contributed by atoms with E-state index in [0.29, 0.717) is 13.0 Å². The number of nitrogens with zero attached hydrogens (tertiary/aromatic N) is 1. The second kappa shape index (κ2) is 10.4. The van der Waals surface area contributed by atoms with Crippen LogP contribution in [-0.2, 0) is 18.8 Å². The minimum absolute atomic E-state index is 0.0373. The van der Waals surface area contributed by atoms with Gasteiger partial charge in [-0.25, -0.2) is 9.59 Å². The lowest BCUT2D eigenvalue weighted by Gasteiger charge is -2.37. The topological polar surface area (TPSA) is 97.0 Å². The first-order valence-electron chi connectivity index (χ1n) is 11.7. The monoisotopic (exact) mass is 467 g/mol. The molecule has 1 fully saturated rings. The molecule has 0 aromatic heterocycles. The molecule has 1 aliphatic carbocycles. The van der Waals surface area contributed by atoms with Crippen LogP contribution in [0.15, 0.2) is 12.2 Å². The van der Waals surface area contributed by atoms with Crippen molar-refractivity contribution in [1.82, 2.24) is 15.5 Å². The Bertz CT molecular complexity index is 734. The van der Waals surface area contributed by atoms with Gasteiger partial charge < -0.3 is 24.7 Å². The van der Waals surface area contributed by atoms with Gasteiger partial charge in [-0.3, -0.25) is 4.79 Å². The zero-order valence-electron chi connectivity index (χ0n) is 20.7. The molecule has 32 heavy (non-hydrogen) atoms. The normalized spacial score (nSPS) is 28.7. The molecule has 182 valence electrons. The first-order valence-corrected chi connectivity index (χ1v) is 14.6. The van der Waals surface area contributed by atoms with E-state index in [1.54, 1.807) is 18.9 Å². The van der Waals surface area contributed by atoms with Gasteiger partial charge in [0.2, 0.25) is 5.91 Å². The number of nitrogens with one attached hydrogen (secondary N) is 2. The van der Waals surface area contributed by atoms with Gasteiger partial charge in [0.25, 0.3) is 0 Å². The summed E-state index contributed by atoms with van der Waals surface area (Å²) in [6, 6.07) is -1.23. The van der Waals surface area contributed by atoms with Gasteiger partial charge in [0, 0.05) is 19.5 Å². The standard InChI is InChI=1S/C23H41N3O5Si/c1-8-30-20(28)23-15-17(23)13-11-9-10-12-14-26(5)21(29)24-18(19(27)25-23)16-31-32(6,7)22(2,3)4/h11,13,17-18H,8-10,12,14-16H2,1-7H3,(H,24,29)(H,25,27)/b13-11-/t17-,18+,23-/m1/s1. The molecular weight excluding hydrogens is 426 g/mol. The van der Waals surface area contributed by atoms with Crippen molar-refractivity contribution in [3.8, 4) is 0 Å². The molecule has 0 aromatic rings. The van der Waals surface area contributed by atoms with Crippen LogP contribution >= 0.6 is 0 Å². The average Bonchev–Trinajstić information content (AvgIpc) is 3.39. The quantitative estimate of drug-likeness (QED) is 0.368. The van der Waals surface area contributed by atoms with Crippen LogP contribution < -0.4 is 10.6 Å². The lowest BCUT2D eigenvalue weighted by atomic mass is 10.1. The summed E-state index contributed by atoms with van der Waals surface area (Å²) in [4.78, 5) is 40.4. The molecule has 2 aliphatic rings. The van der Waals surface area contributed by atoms with Crippen LogP contribution in [0.25, 0.3) is 0 Å². The fourth-order valence-corrected chi connectivity index (χ4v) is 4.46. The molecule has 1 heterocycles. The van der Waals surface area contributed by atoms with Gasteiger partial charge in [-0.05, 0) is 50.7 Å². The highest BCUT2D eigenvalue weighted by molar-refractivity contribution is 6.74. The second-order valence-electron chi connectivity index (χ2n) is 10.4. The third-order valence-corrected chi connectivity index (χ3v) is 11.4. The van der Waals surface area contributed by atoms with Crippen LogP contribution in [0.2, 0.25) is 18.1 Å². The molecule has 0 saturated heterocycles. The maximum atomic E-state index is 13.3. The molecule has 3 atom stereocenters. The Morgan fingerprint density at radius 2 is 1.97 bits per heavy atom. The van der Waals surface area contributed by atoms with E-state index in [2.05, 4.69) is 50.6 Å². The third-order valence-electron chi connectivity index (χ3n) is 6.86. The van der Waals surface area contributed by atoms with E-state index in [1.165, 1.54) is 0 Å². The van der Waals surface area contributed by atoms with Crippen LogP contribution in [0.5, 0.6) is 0 Å². The van der Waals surface area contributed by atoms with E-state index < -0.39 is 31.8 Å². The van der Waals surface area contributed by atoms with Crippen LogP contribution in [-0.4, -0.2) is 69.5 Å². The van der Waals surface area contributed by atoms with E-state index >= 15 is 0 Å². The van der Waals surface area contributed by atoms with Gasteiger partial charge >= 0.3 is 12.0 Å². The summed E-state index contributed by atoms with van der Waals surface area (Å²) in [7, 11) is -0.429. The summed E-state index contributed by atoms with van der Waals surface area (Å²) >= 11 is 0. The number of hydrogen-bond donors (Lipinski definition) is 2. The highest BCUT2D eigenvalue weighted by Gasteiger charge is 2.61. The molecule has 9 heteroatoms. The largest absolute Gasteiger partial charge is 0.464 e. The fourth-order valence-electron chi connectivity index (χ4n) is 3.44. The minimum Gasteiger partial charge on any atom is -0.464 e. The first-order chi connectivity index (χ1) is 14.8. The number of ether oxygens (including phenoxy) is 1. The molecule has 3 amide bonds. The summed E-state index contributed by atoms with van der Waals surface area (Å²) in [6.45, 7) is 13.2. The van der Waals surface area contributed by atoms with Crippen molar-refractivity contribution in [2.24, 2.45) is 5.92 Å². The summed E-state index contributed by atoms with van der Waals surface area (Å²) < 4.78 is 11.5. The van der Waals surface area contributed by atoms with Crippen LogP contribution in [0.4, 0.5) is 4.79 Å². The Kier molecular flexibility index (Phi) is 8.55. The van der Waals surface area contributed by atoms with E-state index in [-0.39, 0.29) is 30.2 Å². The van der Waals surface area contributed by atoms with Crippen molar-refractivity contribution in [2.75, 3.05) is 26.8 Å². The second-order valence-corrected chi connectivity index (χ2v) is 15.2. The van der Waals surface area contributed by atoms with Crippen molar-refractivity contribution in [3.05, 3.63) is 12.2 Å². The number of carbonyl (C=O) groups is 3. The Morgan fingerprint density at radius 3 is 2.59 bits per heavy atom. The molecule has 0 radical (unpaired) electrons. The Labute approximate surface area is 193 Å². The number of esters is 1. The number of hydrogen-bond acceptors (Lipinski definition) is 5. The van der Waals surface area contributed by atoms with Crippen molar-refractivity contribution < 1.29 is 23.5 Å². The van der Waals surface area contributed by atoms with Gasteiger partial charge in [-0.15, -0.1) is 0 Å². The third kappa shape index (κ3) is 6.34. The molecule has 2 rings (SSSR count).